The molecule has 154 valence electrons. The van der Waals surface area contributed by atoms with Crippen molar-refractivity contribution in [1.82, 2.24) is 0 Å². The summed E-state index contributed by atoms with van der Waals surface area (Å²) in [6, 6.07) is 0. The van der Waals surface area contributed by atoms with Crippen LogP contribution in [-0.4, -0.2) is 70.6 Å². The van der Waals surface area contributed by atoms with E-state index < -0.39 is 17.7 Å². The Bertz CT molecular complexity index is 553. The van der Waals surface area contributed by atoms with Crippen molar-refractivity contribution in [3.8, 4) is 0 Å². The van der Waals surface area contributed by atoms with E-state index >= 15 is 0 Å². The van der Waals surface area contributed by atoms with Crippen molar-refractivity contribution in [3.63, 3.8) is 0 Å². The minimum atomic E-state index is -0.662. The van der Waals surface area contributed by atoms with E-state index in [1.807, 2.05) is 19.9 Å². The molecule has 4 rings (SSSR count). The second-order valence-corrected chi connectivity index (χ2v) is 8.19. The minimum Gasteiger partial charge on any atom is -0.392 e. The van der Waals surface area contributed by atoms with Gasteiger partial charge in [0, 0.05) is 71.3 Å². The molecule has 2 aliphatic heterocycles. The van der Waals surface area contributed by atoms with Crippen molar-refractivity contribution in [2.24, 2.45) is 5.92 Å². The number of ether oxygens (including phenoxy) is 4. The Morgan fingerprint density at radius 1 is 0.786 bits per heavy atom. The van der Waals surface area contributed by atoms with Gasteiger partial charge in [0.1, 0.15) is 24.4 Å². The van der Waals surface area contributed by atoms with Crippen molar-refractivity contribution >= 4 is 0 Å². The summed E-state index contributed by atoms with van der Waals surface area (Å²) >= 11 is 0. The first-order valence-corrected chi connectivity index (χ1v) is 9.09. The Balaban J connectivity index is 0.000000261. The van der Waals surface area contributed by atoms with E-state index in [4.69, 9.17) is 29.2 Å². The van der Waals surface area contributed by atoms with Gasteiger partial charge in [-0.05, 0) is 44.9 Å². The van der Waals surface area contributed by atoms with Crippen LogP contribution in [0.5, 0.6) is 0 Å². The summed E-state index contributed by atoms with van der Waals surface area (Å²) in [5.74, 6) is -0.822. The Morgan fingerprint density at radius 3 is 1.71 bits per heavy atom. The molecule has 28 heavy (non-hydrogen) atoms. The van der Waals surface area contributed by atoms with Gasteiger partial charge in [-0.25, -0.2) is 0 Å². The zero-order valence-electron chi connectivity index (χ0n) is 17.2. The van der Waals surface area contributed by atoms with E-state index in [1.165, 1.54) is 0 Å². The van der Waals surface area contributed by atoms with Gasteiger partial charge in [0.15, 0.2) is 11.6 Å². The summed E-state index contributed by atoms with van der Waals surface area (Å²) in [5.41, 5.74) is 1.67. The van der Waals surface area contributed by atoms with Gasteiger partial charge in [0.2, 0.25) is 0 Å². The normalized spacial score (nSPS) is 38.9. The molecule has 2 heterocycles. The van der Waals surface area contributed by atoms with E-state index in [0.29, 0.717) is 11.5 Å². The summed E-state index contributed by atoms with van der Waals surface area (Å²) in [4.78, 5) is 0. The fourth-order valence-corrected chi connectivity index (χ4v) is 4.01. The molecule has 0 saturated carbocycles. The number of fused-ring (bicyclic) bond motifs is 2. The number of aliphatic hydroxyl groups excluding tert-OH is 3. The van der Waals surface area contributed by atoms with Crippen molar-refractivity contribution in [1.29, 1.82) is 0 Å². The fourth-order valence-electron chi connectivity index (χ4n) is 4.01. The van der Waals surface area contributed by atoms with Gasteiger partial charge in [0.05, 0.1) is 19.3 Å². The topological polar surface area (TPSA) is 97.6 Å². The molecule has 0 amide bonds. The van der Waals surface area contributed by atoms with E-state index in [2.05, 4.69) is 6.92 Å². The van der Waals surface area contributed by atoms with Crippen LogP contribution in [0.25, 0.3) is 0 Å². The third kappa shape index (κ3) is 5.80. The molecule has 3 N–H and O–H groups in total. The molecule has 6 atom stereocenters. The van der Waals surface area contributed by atoms with Crippen LogP contribution in [-0.2, 0) is 84.4 Å². The fraction of sp³-hybridized carbons (Fsp3) is 0.789. The number of hydrogen-bond acceptors (Lipinski definition) is 7. The predicted molar refractivity (Wildman–Crippen MR) is 93.2 cm³/mol. The van der Waals surface area contributed by atoms with Crippen molar-refractivity contribution in [3.05, 3.63) is 23.3 Å². The molecule has 0 aromatic carbocycles. The molecule has 9 heteroatoms. The maximum atomic E-state index is 9.54. The molecule has 7 nitrogen and oxygen atoms in total. The first kappa shape index (κ1) is 27.4. The zero-order chi connectivity index (χ0) is 19.3. The quantitative estimate of drug-likeness (QED) is 0.441. The number of aliphatic hydroxyl groups is 3. The van der Waals surface area contributed by atoms with E-state index in [9.17, 15) is 5.11 Å². The molecular weight excluding hydrogens is 518 g/mol. The van der Waals surface area contributed by atoms with Crippen molar-refractivity contribution in [2.45, 2.75) is 76.7 Å². The Labute approximate surface area is 217 Å². The van der Waals surface area contributed by atoms with Crippen LogP contribution in [0, 0.1) is 5.92 Å². The monoisotopic (exact) mass is 548 g/mol. The van der Waals surface area contributed by atoms with E-state index in [-0.39, 0.29) is 103 Å². The van der Waals surface area contributed by atoms with Crippen LogP contribution in [0.15, 0.2) is 23.3 Å². The zero-order valence-corrected chi connectivity index (χ0v) is 22.8. The Morgan fingerprint density at radius 2 is 1.21 bits per heavy atom. The second kappa shape index (κ2) is 10.3. The summed E-state index contributed by atoms with van der Waals surface area (Å²) in [7, 11) is 0. The first-order chi connectivity index (χ1) is 12.1. The third-order valence-electron chi connectivity index (χ3n) is 5.07. The molecule has 2 unspecified atom stereocenters. The van der Waals surface area contributed by atoms with Crippen molar-refractivity contribution in [2.75, 3.05) is 13.2 Å². The maximum absolute atomic E-state index is 9.54. The van der Waals surface area contributed by atoms with Gasteiger partial charge in [0.25, 0.3) is 0 Å². The Kier molecular flexibility index (Phi) is 10.1. The van der Waals surface area contributed by atoms with E-state index in [1.54, 1.807) is 19.9 Å². The summed E-state index contributed by atoms with van der Waals surface area (Å²) in [6.07, 6.45) is 2.42. The van der Waals surface area contributed by atoms with Gasteiger partial charge < -0.3 is 34.3 Å². The van der Waals surface area contributed by atoms with Gasteiger partial charge in [-0.2, -0.15) is 0 Å². The smallest absolute Gasteiger partial charge is 0.164 e. The van der Waals surface area contributed by atoms with Gasteiger partial charge in [-0.1, -0.05) is 13.0 Å². The molecule has 4 aliphatic rings. The largest absolute Gasteiger partial charge is 0.392 e. The predicted octanol–water partition coefficient (Wildman–Crippen LogP) is 0.870. The first-order valence-electron chi connectivity index (χ1n) is 9.09. The molecule has 0 spiro atoms. The number of rotatable bonds is 2. The Hall–Kier alpha value is 1.41. The van der Waals surface area contributed by atoms with Crippen molar-refractivity contribution < 1.29 is 99.7 Å². The molecule has 0 aromatic heterocycles. The van der Waals surface area contributed by atoms with Gasteiger partial charge in [-0.3, -0.25) is 0 Å². The summed E-state index contributed by atoms with van der Waals surface area (Å²) < 4.78 is 22.4. The SMILES string of the molecule is CC1(C)OC2[C@H](O)C=C(CO)[C@@H]2O1.C[C@H]1C=C(CO)[C@H]2OC(C)(C)OC21.[Y].[Y]. The third-order valence-corrected chi connectivity index (χ3v) is 5.07. The van der Waals surface area contributed by atoms with Gasteiger partial charge in [-0.15, -0.1) is 0 Å². The average Bonchev–Trinajstić information content (AvgIpc) is 3.21. The minimum absolute atomic E-state index is 0. The van der Waals surface area contributed by atoms with E-state index in [0.717, 1.165) is 5.57 Å². The molecule has 2 fully saturated rings. The van der Waals surface area contributed by atoms with Crippen LogP contribution in [0.3, 0.4) is 0 Å². The molecule has 2 aliphatic carbocycles. The van der Waals surface area contributed by atoms with Crippen LogP contribution in [0.2, 0.25) is 0 Å². The van der Waals surface area contributed by atoms with Crippen LogP contribution >= 0.6 is 0 Å². The molecule has 0 bridgehead atoms. The summed E-state index contributed by atoms with van der Waals surface area (Å²) in [6.45, 7) is 9.49. The molecule has 0 aromatic rings. The number of hydrogen-bond donors (Lipinski definition) is 3. The van der Waals surface area contributed by atoms with Crippen LogP contribution in [0.1, 0.15) is 34.6 Å². The molecule has 2 saturated heterocycles. The molecule has 2 radical (unpaired) electrons. The van der Waals surface area contributed by atoms with Crippen LogP contribution < -0.4 is 0 Å². The summed E-state index contributed by atoms with van der Waals surface area (Å²) in [5, 5.41) is 27.6. The average molecular weight is 548 g/mol. The second-order valence-electron chi connectivity index (χ2n) is 8.19. The van der Waals surface area contributed by atoms with Gasteiger partial charge >= 0.3 is 0 Å². The maximum Gasteiger partial charge on any atom is 0.164 e. The standard InChI is InChI=1S/C10H16O3.C9H14O4.2Y/c1-6-4-7(5-11)9-8(6)12-10(2,3)13-9;1-9(2)12-7-5(4-10)3-6(11)8(7)13-9;;/h4,6,8-9,11H,5H2,1-3H3;3,6-8,10-11H,4H2,1-2H3;;/t6-,8?,9+;6-,7+,8?;;/m01../s1. The van der Waals surface area contributed by atoms with Crippen LogP contribution in [0.4, 0.5) is 0 Å². The molecular formula is C19H30O7Y2.